The predicted octanol–water partition coefficient (Wildman–Crippen LogP) is 1.14. The van der Waals surface area contributed by atoms with Crippen LogP contribution in [0.1, 0.15) is 51.4 Å². The molecule has 1 aromatic heterocycles. The summed E-state index contributed by atoms with van der Waals surface area (Å²) in [5.74, 6) is -0.0773. The Morgan fingerprint density at radius 1 is 1.07 bits per heavy atom. The lowest BCUT2D eigenvalue weighted by Gasteiger charge is -2.48. The molecular formula is C21H29N3O4. The molecule has 3 fully saturated rings. The van der Waals surface area contributed by atoms with Gasteiger partial charge in [0.1, 0.15) is 12.1 Å². The summed E-state index contributed by atoms with van der Waals surface area (Å²) in [6, 6.07) is 5.00. The molecule has 7 heteroatoms. The summed E-state index contributed by atoms with van der Waals surface area (Å²) in [6.45, 7) is 1.29. The highest BCUT2D eigenvalue weighted by molar-refractivity contribution is 5.93. The van der Waals surface area contributed by atoms with E-state index in [9.17, 15) is 19.5 Å². The van der Waals surface area contributed by atoms with Crippen LogP contribution >= 0.6 is 0 Å². The summed E-state index contributed by atoms with van der Waals surface area (Å²) in [5.41, 5.74) is -0.953. The van der Waals surface area contributed by atoms with Crippen LogP contribution in [0.15, 0.2) is 29.2 Å². The Kier molecular flexibility index (Phi) is 5.27. The Hall–Kier alpha value is -2.15. The molecular weight excluding hydrogens is 358 g/mol. The zero-order chi connectivity index (χ0) is 19.7. The topological polar surface area (TPSA) is 82.8 Å². The zero-order valence-electron chi connectivity index (χ0n) is 16.3. The Balaban J connectivity index is 1.53. The van der Waals surface area contributed by atoms with E-state index in [-0.39, 0.29) is 36.1 Å². The largest absolute Gasteiger partial charge is 0.393 e. The van der Waals surface area contributed by atoms with E-state index < -0.39 is 5.54 Å². The maximum atomic E-state index is 13.6. The van der Waals surface area contributed by atoms with Crippen molar-refractivity contribution in [3.8, 4) is 0 Å². The summed E-state index contributed by atoms with van der Waals surface area (Å²) < 4.78 is 1.40. The molecule has 1 aliphatic carbocycles. The van der Waals surface area contributed by atoms with Crippen LogP contribution in [0, 0.1) is 0 Å². The van der Waals surface area contributed by atoms with Gasteiger partial charge in [-0.1, -0.05) is 6.07 Å². The first-order valence-corrected chi connectivity index (χ1v) is 10.5. The third-order valence-corrected chi connectivity index (χ3v) is 6.75. The smallest absolute Gasteiger partial charge is 0.250 e. The van der Waals surface area contributed by atoms with Gasteiger partial charge >= 0.3 is 0 Å². The van der Waals surface area contributed by atoms with Gasteiger partial charge in [-0.2, -0.15) is 0 Å². The molecule has 152 valence electrons. The predicted molar refractivity (Wildman–Crippen MR) is 104 cm³/mol. The highest BCUT2D eigenvalue weighted by atomic mass is 16.3. The average Bonchev–Trinajstić information content (AvgIpc) is 3.11. The summed E-state index contributed by atoms with van der Waals surface area (Å²) in [6.07, 6.45) is 7.61. The molecule has 28 heavy (non-hydrogen) atoms. The number of hydrogen-bond acceptors (Lipinski definition) is 4. The molecule has 1 atom stereocenters. The number of piperidine rings is 1. The van der Waals surface area contributed by atoms with Gasteiger partial charge in [0.25, 0.3) is 5.56 Å². The third kappa shape index (κ3) is 3.36. The van der Waals surface area contributed by atoms with Crippen LogP contribution in [0.5, 0.6) is 0 Å². The summed E-state index contributed by atoms with van der Waals surface area (Å²) in [5, 5.41) is 9.79. The first-order valence-electron chi connectivity index (χ1n) is 10.5. The minimum absolute atomic E-state index is 0.0235. The quantitative estimate of drug-likeness (QED) is 0.843. The van der Waals surface area contributed by atoms with Crippen LogP contribution in [0.25, 0.3) is 0 Å². The minimum atomic E-state index is -0.746. The fourth-order valence-corrected chi connectivity index (χ4v) is 5.28. The molecule has 1 saturated carbocycles. The Morgan fingerprint density at radius 3 is 2.50 bits per heavy atom. The molecule has 7 nitrogen and oxygen atoms in total. The lowest BCUT2D eigenvalue weighted by molar-refractivity contribution is -0.158. The zero-order valence-corrected chi connectivity index (χ0v) is 16.3. The second-order valence-corrected chi connectivity index (χ2v) is 8.41. The number of pyridine rings is 1. The van der Waals surface area contributed by atoms with Crippen LogP contribution in [0.4, 0.5) is 0 Å². The molecule has 2 aliphatic heterocycles. The molecule has 2 saturated heterocycles. The lowest BCUT2D eigenvalue weighted by Crippen LogP contribution is -2.63. The van der Waals surface area contributed by atoms with Crippen LogP contribution in [-0.2, 0) is 16.1 Å². The number of rotatable bonds is 3. The fraction of sp³-hybridized carbons (Fsp3) is 0.667. The Labute approximate surface area is 164 Å². The number of carbonyl (C=O) groups excluding carboxylic acids is 2. The van der Waals surface area contributed by atoms with Crippen molar-refractivity contribution in [2.24, 2.45) is 0 Å². The molecule has 3 aliphatic rings. The van der Waals surface area contributed by atoms with Crippen molar-refractivity contribution < 1.29 is 14.7 Å². The van der Waals surface area contributed by atoms with Crippen molar-refractivity contribution >= 4 is 11.8 Å². The number of hydrogen-bond donors (Lipinski definition) is 1. The van der Waals surface area contributed by atoms with Gasteiger partial charge in [0, 0.05) is 31.4 Å². The van der Waals surface area contributed by atoms with Gasteiger partial charge in [-0.3, -0.25) is 14.4 Å². The van der Waals surface area contributed by atoms with E-state index >= 15 is 0 Å². The molecule has 4 rings (SSSR count). The molecule has 2 amide bonds. The average molecular weight is 387 g/mol. The van der Waals surface area contributed by atoms with Gasteiger partial charge in [-0.25, -0.2) is 0 Å². The van der Waals surface area contributed by atoms with Crippen molar-refractivity contribution in [2.45, 2.75) is 75.6 Å². The second kappa shape index (κ2) is 7.70. The van der Waals surface area contributed by atoms with E-state index in [4.69, 9.17) is 0 Å². The van der Waals surface area contributed by atoms with Crippen LogP contribution < -0.4 is 5.56 Å². The number of aliphatic hydroxyl groups excluding tert-OH is 1. The molecule has 1 aromatic rings. The summed E-state index contributed by atoms with van der Waals surface area (Å²) in [7, 11) is 0. The standard InChI is InChI=1S/C21H29N3O4/c25-17-8-6-16(7-9-17)23-13-3-10-21(20(23)28)11-4-14-24(21)19(27)15-22-12-2-1-5-18(22)26/h1-2,5,12,16-17,25H,3-4,6-11,13-15H2. The molecule has 1 spiro atoms. The lowest BCUT2D eigenvalue weighted by atomic mass is 9.82. The SMILES string of the molecule is O=C(Cn1ccccc1=O)N1CCCC12CCCN(C1CCC(O)CC1)C2=O. The molecule has 0 bridgehead atoms. The van der Waals surface area contributed by atoms with Crippen molar-refractivity contribution in [1.82, 2.24) is 14.4 Å². The van der Waals surface area contributed by atoms with Gasteiger partial charge < -0.3 is 19.5 Å². The van der Waals surface area contributed by atoms with E-state index in [1.54, 1.807) is 23.2 Å². The van der Waals surface area contributed by atoms with Gasteiger partial charge in [-0.15, -0.1) is 0 Å². The maximum Gasteiger partial charge on any atom is 0.250 e. The van der Waals surface area contributed by atoms with E-state index in [1.165, 1.54) is 10.6 Å². The van der Waals surface area contributed by atoms with Gasteiger partial charge in [0.2, 0.25) is 11.8 Å². The molecule has 1 unspecified atom stereocenters. The number of nitrogens with zero attached hydrogens (tertiary/aromatic N) is 3. The van der Waals surface area contributed by atoms with Gasteiger partial charge in [-0.05, 0) is 57.4 Å². The fourth-order valence-electron chi connectivity index (χ4n) is 5.28. The second-order valence-electron chi connectivity index (χ2n) is 8.41. The van der Waals surface area contributed by atoms with Crippen LogP contribution in [0.2, 0.25) is 0 Å². The first kappa shape index (κ1) is 19.2. The number of aromatic nitrogens is 1. The van der Waals surface area contributed by atoms with E-state index in [1.807, 2.05) is 4.90 Å². The van der Waals surface area contributed by atoms with Crippen molar-refractivity contribution in [1.29, 1.82) is 0 Å². The highest BCUT2D eigenvalue weighted by Gasteiger charge is 2.53. The van der Waals surface area contributed by atoms with E-state index in [0.717, 1.165) is 45.1 Å². The number of amides is 2. The Bertz CT molecular complexity index is 799. The molecule has 0 aromatic carbocycles. The molecule has 0 radical (unpaired) electrons. The van der Waals surface area contributed by atoms with Crippen LogP contribution in [0.3, 0.4) is 0 Å². The van der Waals surface area contributed by atoms with Crippen molar-refractivity contribution in [3.63, 3.8) is 0 Å². The maximum absolute atomic E-state index is 13.6. The van der Waals surface area contributed by atoms with E-state index in [0.29, 0.717) is 19.4 Å². The first-order chi connectivity index (χ1) is 13.5. The minimum Gasteiger partial charge on any atom is -0.393 e. The summed E-state index contributed by atoms with van der Waals surface area (Å²) >= 11 is 0. The number of likely N-dealkylation sites (tertiary alicyclic amines) is 2. The third-order valence-electron chi connectivity index (χ3n) is 6.75. The van der Waals surface area contributed by atoms with Gasteiger partial charge in [0.05, 0.1) is 6.10 Å². The van der Waals surface area contributed by atoms with Crippen molar-refractivity contribution in [2.75, 3.05) is 13.1 Å². The van der Waals surface area contributed by atoms with Gasteiger partial charge in [0.15, 0.2) is 0 Å². The Morgan fingerprint density at radius 2 is 1.79 bits per heavy atom. The molecule has 3 heterocycles. The van der Waals surface area contributed by atoms with Crippen molar-refractivity contribution in [3.05, 3.63) is 34.7 Å². The molecule has 1 N–H and O–H groups in total. The summed E-state index contributed by atoms with van der Waals surface area (Å²) in [4.78, 5) is 42.4. The normalized spacial score (nSPS) is 30.8. The van der Waals surface area contributed by atoms with Crippen LogP contribution in [-0.4, -0.2) is 62.1 Å². The highest BCUT2D eigenvalue weighted by Crippen LogP contribution is 2.40. The van der Waals surface area contributed by atoms with E-state index in [2.05, 4.69) is 0 Å². The monoisotopic (exact) mass is 387 g/mol. The number of carbonyl (C=O) groups is 2. The number of aliphatic hydroxyl groups is 1.